The number of benzene rings is 2. The second-order valence-corrected chi connectivity index (χ2v) is 7.17. The van der Waals surface area contributed by atoms with Crippen LogP contribution in [0.5, 0.6) is 11.5 Å². The topological polar surface area (TPSA) is 98.2 Å². The summed E-state index contributed by atoms with van der Waals surface area (Å²) in [6.45, 7) is 1.48. The number of carbonyl (C=O) groups is 2. The molecule has 1 unspecified atom stereocenters. The Labute approximate surface area is 176 Å². The van der Waals surface area contributed by atoms with Gasteiger partial charge >= 0.3 is 0 Å². The Morgan fingerprint density at radius 1 is 1.21 bits per heavy atom. The van der Waals surface area contributed by atoms with Crippen LogP contribution in [0.3, 0.4) is 0 Å². The number of fused-ring (bicyclic) bond motifs is 1. The van der Waals surface area contributed by atoms with E-state index in [-0.39, 0.29) is 30.2 Å². The first-order valence-corrected chi connectivity index (χ1v) is 9.54. The minimum absolute atomic E-state index is 0.122. The number of ether oxygens (including phenoxy) is 2. The lowest BCUT2D eigenvalue weighted by atomic mass is 10.1. The van der Waals surface area contributed by atoms with Gasteiger partial charge in [0.1, 0.15) is 11.5 Å². The number of amides is 2. The molecule has 0 spiro atoms. The molecule has 1 aliphatic rings. The zero-order chi connectivity index (χ0) is 21.0. The molecule has 1 atom stereocenters. The molecule has 2 aromatic rings. The number of hydrogen-bond donors (Lipinski definition) is 2. The Balaban J connectivity index is 1.63. The minimum atomic E-state index is -0.389. The fraction of sp³-hybridized carbons (Fsp3) is 0.250. The summed E-state index contributed by atoms with van der Waals surface area (Å²) >= 11 is 3.36. The van der Waals surface area contributed by atoms with E-state index >= 15 is 0 Å². The molecule has 3 rings (SSSR count). The molecule has 29 heavy (non-hydrogen) atoms. The van der Waals surface area contributed by atoms with Crippen LogP contribution in [-0.2, 0) is 14.4 Å². The second kappa shape index (κ2) is 8.95. The van der Waals surface area contributed by atoms with E-state index < -0.39 is 0 Å². The van der Waals surface area contributed by atoms with Gasteiger partial charge in [-0.25, -0.2) is 0 Å². The maximum Gasteiger partial charge on any atom is 0.278 e. The van der Waals surface area contributed by atoms with Crippen LogP contribution in [0, 0.1) is 0 Å². The first-order valence-electron chi connectivity index (χ1n) is 8.75. The maximum atomic E-state index is 12.3. The Morgan fingerprint density at radius 3 is 2.72 bits per heavy atom. The number of carbonyl (C=O) groups excluding carboxylic acids is 2. The van der Waals surface area contributed by atoms with Crippen molar-refractivity contribution in [3.8, 4) is 11.5 Å². The molecule has 2 amide bonds. The van der Waals surface area contributed by atoms with Crippen LogP contribution in [0.25, 0.3) is 0 Å². The molecule has 8 nitrogen and oxygen atoms in total. The standard InChI is InChI=1S/C20H20BrN3O5/c1-11(14-9-13(27-2)5-7-17(14)28-3)22-18(25)10-29-24-19-15-8-12(21)4-6-16(15)23-20(19)26/h4-9,11H,10H2,1-3H3,(H,22,25)(H,23,24,26). The Kier molecular flexibility index (Phi) is 6.38. The summed E-state index contributed by atoms with van der Waals surface area (Å²) in [4.78, 5) is 29.4. The minimum Gasteiger partial charge on any atom is -0.497 e. The zero-order valence-electron chi connectivity index (χ0n) is 16.1. The zero-order valence-corrected chi connectivity index (χ0v) is 17.7. The van der Waals surface area contributed by atoms with Crippen LogP contribution < -0.4 is 20.1 Å². The van der Waals surface area contributed by atoms with Gasteiger partial charge in [-0.1, -0.05) is 21.1 Å². The largest absolute Gasteiger partial charge is 0.497 e. The third-order valence-corrected chi connectivity index (χ3v) is 4.83. The molecule has 0 aliphatic carbocycles. The Morgan fingerprint density at radius 2 is 2.00 bits per heavy atom. The van der Waals surface area contributed by atoms with Crippen LogP contribution in [0.15, 0.2) is 46.0 Å². The summed E-state index contributed by atoms with van der Waals surface area (Å²) in [5.74, 6) is 0.513. The van der Waals surface area contributed by atoms with E-state index in [9.17, 15) is 9.59 Å². The van der Waals surface area contributed by atoms with Crippen LogP contribution >= 0.6 is 15.9 Å². The van der Waals surface area contributed by atoms with Crippen molar-refractivity contribution < 1.29 is 23.9 Å². The molecule has 0 bridgehead atoms. The number of oxime groups is 1. The van der Waals surface area contributed by atoms with Crippen LogP contribution in [0.1, 0.15) is 24.1 Å². The molecule has 0 fully saturated rings. The number of nitrogens with one attached hydrogen (secondary N) is 2. The number of anilines is 1. The van der Waals surface area contributed by atoms with Crippen molar-refractivity contribution in [1.82, 2.24) is 5.32 Å². The van der Waals surface area contributed by atoms with Crippen molar-refractivity contribution >= 4 is 39.1 Å². The third kappa shape index (κ3) is 4.68. The normalized spacial score (nSPS) is 14.8. The third-order valence-electron chi connectivity index (χ3n) is 4.33. The molecule has 2 aromatic carbocycles. The maximum absolute atomic E-state index is 12.3. The summed E-state index contributed by atoms with van der Waals surface area (Å²) in [5, 5.41) is 9.35. The monoisotopic (exact) mass is 461 g/mol. The molecule has 1 aliphatic heterocycles. The van der Waals surface area contributed by atoms with Crippen molar-refractivity contribution in [2.45, 2.75) is 13.0 Å². The van der Waals surface area contributed by atoms with Gasteiger partial charge in [-0.3, -0.25) is 9.59 Å². The molecule has 1 heterocycles. The summed E-state index contributed by atoms with van der Waals surface area (Å²) < 4.78 is 11.4. The van der Waals surface area contributed by atoms with Gasteiger partial charge < -0.3 is 24.9 Å². The Bertz CT molecular complexity index is 977. The highest BCUT2D eigenvalue weighted by atomic mass is 79.9. The van der Waals surface area contributed by atoms with Gasteiger partial charge in [0, 0.05) is 15.6 Å². The van der Waals surface area contributed by atoms with Gasteiger partial charge in [-0.2, -0.15) is 0 Å². The lowest BCUT2D eigenvalue weighted by molar-refractivity contribution is -0.126. The molecular weight excluding hydrogens is 442 g/mol. The number of nitrogens with zero attached hydrogens (tertiary/aromatic N) is 1. The first-order chi connectivity index (χ1) is 13.9. The number of methoxy groups -OCH3 is 2. The van der Waals surface area contributed by atoms with Crippen molar-refractivity contribution in [1.29, 1.82) is 0 Å². The average Bonchev–Trinajstić information content (AvgIpc) is 3.02. The fourth-order valence-corrected chi connectivity index (χ4v) is 3.27. The van der Waals surface area contributed by atoms with E-state index in [1.165, 1.54) is 0 Å². The second-order valence-electron chi connectivity index (χ2n) is 6.25. The molecular formula is C20H20BrN3O5. The van der Waals surface area contributed by atoms with E-state index in [0.717, 1.165) is 10.0 Å². The number of halogens is 1. The van der Waals surface area contributed by atoms with Gasteiger partial charge in [0.05, 0.1) is 25.9 Å². The van der Waals surface area contributed by atoms with Gasteiger partial charge in [0.2, 0.25) is 0 Å². The van der Waals surface area contributed by atoms with E-state index in [4.69, 9.17) is 14.3 Å². The summed E-state index contributed by atoms with van der Waals surface area (Å²) in [7, 11) is 3.12. The van der Waals surface area contributed by atoms with E-state index in [0.29, 0.717) is 22.7 Å². The van der Waals surface area contributed by atoms with Gasteiger partial charge in [0.25, 0.3) is 11.8 Å². The summed E-state index contributed by atoms with van der Waals surface area (Å²) in [6, 6.07) is 10.3. The van der Waals surface area contributed by atoms with Gasteiger partial charge in [0.15, 0.2) is 12.3 Å². The summed E-state index contributed by atoms with van der Waals surface area (Å²) in [6.07, 6.45) is 0. The fourth-order valence-electron chi connectivity index (χ4n) is 2.91. The van der Waals surface area contributed by atoms with Gasteiger partial charge in [-0.15, -0.1) is 0 Å². The van der Waals surface area contributed by atoms with E-state index in [1.54, 1.807) is 44.6 Å². The molecule has 9 heteroatoms. The molecule has 0 saturated carbocycles. The van der Waals surface area contributed by atoms with E-state index in [1.807, 2.05) is 13.0 Å². The molecule has 0 aromatic heterocycles. The van der Waals surface area contributed by atoms with Gasteiger partial charge in [-0.05, 0) is 43.3 Å². The smallest absolute Gasteiger partial charge is 0.278 e. The number of rotatable bonds is 7. The highest BCUT2D eigenvalue weighted by molar-refractivity contribution is 9.10. The molecule has 0 radical (unpaired) electrons. The lowest BCUT2D eigenvalue weighted by Gasteiger charge is -2.18. The predicted molar refractivity (Wildman–Crippen MR) is 111 cm³/mol. The lowest BCUT2D eigenvalue weighted by Crippen LogP contribution is -2.30. The van der Waals surface area contributed by atoms with Crippen molar-refractivity contribution in [2.24, 2.45) is 5.16 Å². The SMILES string of the molecule is COc1ccc(OC)c(C(C)NC(=O)CON=C2C(=O)Nc3ccc(Br)cc32)c1. The molecule has 152 valence electrons. The first kappa shape index (κ1) is 20.7. The van der Waals surface area contributed by atoms with Crippen molar-refractivity contribution in [2.75, 3.05) is 26.1 Å². The molecule has 0 saturated heterocycles. The highest BCUT2D eigenvalue weighted by Gasteiger charge is 2.27. The van der Waals surface area contributed by atoms with Crippen LogP contribution in [0.4, 0.5) is 5.69 Å². The van der Waals surface area contributed by atoms with Crippen molar-refractivity contribution in [3.63, 3.8) is 0 Å². The summed E-state index contributed by atoms with van der Waals surface area (Å²) in [5.41, 5.74) is 2.14. The van der Waals surface area contributed by atoms with E-state index in [2.05, 4.69) is 31.7 Å². The number of hydrogen-bond acceptors (Lipinski definition) is 6. The van der Waals surface area contributed by atoms with Crippen LogP contribution in [-0.4, -0.2) is 38.4 Å². The Hall–Kier alpha value is -3.07. The molecule has 2 N–H and O–H groups in total. The van der Waals surface area contributed by atoms with Crippen molar-refractivity contribution in [3.05, 3.63) is 52.0 Å². The highest BCUT2D eigenvalue weighted by Crippen LogP contribution is 2.29. The predicted octanol–water partition coefficient (Wildman–Crippen LogP) is 3.02. The average molecular weight is 462 g/mol. The van der Waals surface area contributed by atoms with Crippen LogP contribution in [0.2, 0.25) is 0 Å². The quantitative estimate of drug-likeness (QED) is 0.617.